The molecule has 2 aromatic rings. The highest BCUT2D eigenvalue weighted by molar-refractivity contribution is 5.41. The van der Waals surface area contributed by atoms with E-state index in [1.165, 1.54) is 6.07 Å². The summed E-state index contributed by atoms with van der Waals surface area (Å²) in [4.78, 5) is 8.42. The lowest BCUT2D eigenvalue weighted by atomic mass is 10.3. The Morgan fingerprint density at radius 2 is 2.05 bits per heavy atom. The second-order valence-corrected chi connectivity index (χ2v) is 4.56. The summed E-state index contributed by atoms with van der Waals surface area (Å²) in [5.74, 6) is 6.73. The van der Waals surface area contributed by atoms with E-state index in [9.17, 15) is 13.2 Å². The number of hydrogen-bond acceptors (Lipinski definition) is 5. The minimum atomic E-state index is -4.43. The molecule has 0 aliphatic heterocycles. The van der Waals surface area contributed by atoms with E-state index in [0.29, 0.717) is 11.6 Å². The Bertz CT molecular complexity index is 631. The third-order valence-electron chi connectivity index (χ3n) is 2.96. The number of alkyl halides is 3. The molecule has 6 nitrogen and oxygen atoms in total. The molecule has 0 bridgehead atoms. The maximum Gasteiger partial charge on any atom is 0.419 e. The number of nitrogens with one attached hydrogen (secondary N) is 1. The highest BCUT2D eigenvalue weighted by Crippen LogP contribution is 2.38. The summed E-state index contributed by atoms with van der Waals surface area (Å²) in [6.45, 7) is 0. The molecule has 3 rings (SSSR count). The summed E-state index contributed by atoms with van der Waals surface area (Å²) in [7, 11) is 0. The lowest BCUT2D eigenvalue weighted by Gasteiger charge is -2.07. The Balaban J connectivity index is 2.00. The largest absolute Gasteiger partial charge is 0.419 e. The number of hydrazine groups is 1. The predicted molar refractivity (Wildman–Crippen MR) is 63.9 cm³/mol. The van der Waals surface area contributed by atoms with E-state index in [0.717, 1.165) is 29.9 Å². The van der Waals surface area contributed by atoms with Crippen LogP contribution in [0.5, 0.6) is 0 Å². The van der Waals surface area contributed by atoms with E-state index >= 15 is 0 Å². The second-order valence-electron chi connectivity index (χ2n) is 4.56. The van der Waals surface area contributed by atoms with Crippen LogP contribution in [0.4, 0.5) is 19.0 Å². The van der Waals surface area contributed by atoms with Gasteiger partial charge < -0.3 is 5.43 Å². The normalized spacial score (nSPS) is 15.4. The van der Waals surface area contributed by atoms with E-state index in [1.54, 1.807) is 0 Å². The molecule has 106 valence electrons. The Kier molecular flexibility index (Phi) is 2.85. The summed E-state index contributed by atoms with van der Waals surface area (Å²) < 4.78 is 38.8. The third kappa shape index (κ3) is 2.44. The molecule has 20 heavy (non-hydrogen) atoms. The van der Waals surface area contributed by atoms with Gasteiger partial charge in [-0.05, 0) is 12.8 Å². The number of hydrogen-bond donors (Lipinski definition) is 2. The average Bonchev–Trinajstić information content (AvgIpc) is 3.13. The van der Waals surface area contributed by atoms with Crippen molar-refractivity contribution in [2.75, 3.05) is 5.43 Å². The Hall–Kier alpha value is -2.16. The molecule has 1 aliphatic rings. The monoisotopic (exact) mass is 284 g/mol. The van der Waals surface area contributed by atoms with Crippen LogP contribution < -0.4 is 11.3 Å². The number of halogens is 3. The summed E-state index contributed by atoms with van der Waals surface area (Å²) >= 11 is 0. The summed E-state index contributed by atoms with van der Waals surface area (Å²) in [5, 5.41) is 3.69. The summed E-state index contributed by atoms with van der Waals surface area (Å²) in [5.41, 5.74) is 1.56. The van der Waals surface area contributed by atoms with Crippen LogP contribution in [0.25, 0.3) is 5.82 Å². The molecule has 0 unspecified atom stereocenters. The molecule has 0 amide bonds. The van der Waals surface area contributed by atoms with Gasteiger partial charge in [-0.15, -0.1) is 0 Å². The van der Waals surface area contributed by atoms with Crippen molar-refractivity contribution >= 4 is 5.82 Å². The zero-order valence-corrected chi connectivity index (χ0v) is 10.2. The highest BCUT2D eigenvalue weighted by Gasteiger charge is 2.33. The first-order chi connectivity index (χ1) is 9.47. The smallest absolute Gasteiger partial charge is 0.308 e. The topological polar surface area (TPSA) is 81.6 Å². The predicted octanol–water partition coefficient (Wildman–Crippen LogP) is 1.84. The van der Waals surface area contributed by atoms with Gasteiger partial charge in [-0.3, -0.25) is 0 Å². The van der Waals surface area contributed by atoms with Gasteiger partial charge in [0.15, 0.2) is 5.82 Å². The molecular formula is C11H11F3N6. The van der Waals surface area contributed by atoms with Gasteiger partial charge in [-0.1, -0.05) is 0 Å². The van der Waals surface area contributed by atoms with E-state index in [-0.39, 0.29) is 11.7 Å². The number of aromatic nitrogens is 4. The van der Waals surface area contributed by atoms with Crippen molar-refractivity contribution in [2.45, 2.75) is 24.9 Å². The zero-order chi connectivity index (χ0) is 14.3. The fraction of sp³-hybridized carbons (Fsp3) is 0.364. The molecule has 2 heterocycles. The molecule has 1 saturated carbocycles. The number of nitrogens with zero attached hydrogens (tertiary/aromatic N) is 4. The van der Waals surface area contributed by atoms with Crippen LogP contribution in [0, 0.1) is 0 Å². The van der Waals surface area contributed by atoms with Crippen molar-refractivity contribution in [3.63, 3.8) is 0 Å². The zero-order valence-electron chi connectivity index (χ0n) is 10.2. The summed E-state index contributed by atoms with van der Waals surface area (Å²) in [6.07, 6.45) is -0.839. The minimum Gasteiger partial charge on any atom is -0.308 e. The Morgan fingerprint density at radius 3 is 2.60 bits per heavy atom. The van der Waals surface area contributed by atoms with Crippen molar-refractivity contribution < 1.29 is 13.2 Å². The quantitative estimate of drug-likeness (QED) is 0.664. The van der Waals surface area contributed by atoms with E-state index < -0.39 is 11.7 Å². The first kappa shape index (κ1) is 12.9. The maximum atomic E-state index is 12.6. The highest BCUT2D eigenvalue weighted by atomic mass is 19.4. The molecule has 0 radical (unpaired) electrons. The Morgan fingerprint density at radius 1 is 1.30 bits per heavy atom. The van der Waals surface area contributed by atoms with Gasteiger partial charge in [-0.25, -0.2) is 20.5 Å². The van der Waals surface area contributed by atoms with Gasteiger partial charge in [0.05, 0.1) is 11.8 Å². The maximum absolute atomic E-state index is 12.6. The van der Waals surface area contributed by atoms with Crippen LogP contribution in [0.2, 0.25) is 0 Å². The van der Waals surface area contributed by atoms with Gasteiger partial charge in [-0.2, -0.15) is 18.3 Å². The van der Waals surface area contributed by atoms with Crippen molar-refractivity contribution in [1.82, 2.24) is 19.7 Å². The van der Waals surface area contributed by atoms with Gasteiger partial charge in [0.1, 0.15) is 11.6 Å². The first-order valence-electron chi connectivity index (χ1n) is 5.95. The van der Waals surface area contributed by atoms with Crippen LogP contribution in [-0.4, -0.2) is 19.7 Å². The molecule has 2 aromatic heterocycles. The molecule has 0 saturated heterocycles. The lowest BCUT2D eigenvalue weighted by Crippen LogP contribution is -2.12. The first-order valence-corrected chi connectivity index (χ1v) is 5.95. The van der Waals surface area contributed by atoms with Gasteiger partial charge >= 0.3 is 6.18 Å². The van der Waals surface area contributed by atoms with Crippen LogP contribution >= 0.6 is 0 Å². The van der Waals surface area contributed by atoms with Gasteiger partial charge in [0, 0.05) is 18.2 Å². The fourth-order valence-electron chi connectivity index (χ4n) is 1.76. The number of rotatable bonds is 3. The Labute approximate surface area is 111 Å². The number of nitrogens with two attached hydrogens (primary N) is 1. The van der Waals surface area contributed by atoms with Gasteiger partial charge in [0.2, 0.25) is 0 Å². The molecule has 1 fully saturated rings. The third-order valence-corrected chi connectivity index (χ3v) is 2.96. The summed E-state index contributed by atoms with van der Waals surface area (Å²) in [6, 6.07) is 1.44. The van der Waals surface area contributed by atoms with Crippen LogP contribution in [-0.2, 0) is 6.18 Å². The lowest BCUT2D eigenvalue weighted by molar-refractivity contribution is -0.137. The van der Waals surface area contributed by atoms with E-state index in [1.807, 2.05) is 0 Å². The number of nitrogen functional groups attached to an aromatic ring is 1. The molecular weight excluding hydrogens is 273 g/mol. The molecule has 9 heteroatoms. The van der Waals surface area contributed by atoms with Crippen LogP contribution in [0.1, 0.15) is 30.1 Å². The van der Waals surface area contributed by atoms with E-state index in [2.05, 4.69) is 20.5 Å². The minimum absolute atomic E-state index is 0.250. The molecule has 0 aromatic carbocycles. The standard InChI is InChI=1S/C11H11F3N6/c12-11(13,14)7-4-16-20(5-7)9-3-8(19-15)17-10(18-9)6-1-2-6/h3-6H,1-2,15H2,(H,17,18,19). The molecule has 3 N–H and O–H groups in total. The van der Waals surface area contributed by atoms with Crippen molar-refractivity contribution in [3.8, 4) is 5.82 Å². The van der Waals surface area contributed by atoms with Crippen LogP contribution in [0.15, 0.2) is 18.5 Å². The SMILES string of the molecule is NNc1cc(-n2cc(C(F)(F)F)cn2)nc(C2CC2)n1. The van der Waals surface area contributed by atoms with Crippen molar-refractivity contribution in [1.29, 1.82) is 0 Å². The van der Waals surface area contributed by atoms with Crippen LogP contribution in [0.3, 0.4) is 0 Å². The molecule has 0 spiro atoms. The molecule has 0 atom stereocenters. The van der Waals surface area contributed by atoms with E-state index in [4.69, 9.17) is 5.84 Å². The van der Waals surface area contributed by atoms with Crippen molar-refractivity contribution in [2.24, 2.45) is 5.84 Å². The number of anilines is 1. The average molecular weight is 284 g/mol. The molecule has 1 aliphatic carbocycles. The second kappa shape index (κ2) is 4.44. The van der Waals surface area contributed by atoms with Gasteiger partial charge in [0.25, 0.3) is 0 Å². The fourth-order valence-corrected chi connectivity index (χ4v) is 1.76. The van der Waals surface area contributed by atoms with Crippen molar-refractivity contribution in [3.05, 3.63) is 29.8 Å².